The van der Waals surface area contributed by atoms with Gasteiger partial charge in [0.25, 0.3) is 0 Å². The van der Waals surface area contributed by atoms with Crippen LogP contribution < -0.4 is 14.8 Å². The molecular formula is C18H17N5O2. The maximum absolute atomic E-state index is 5.51. The molecule has 1 N–H and O–H groups in total. The number of hydrogen-bond acceptors (Lipinski definition) is 6. The standard InChI is InChI=1S/C18H17N5O2/c1-11-2-4-12(5-3-11)15-9-14(19-18-20-21-22-23(15)18)13-6-7-16-17(8-13)25-10-24-16/h2-8,14-15H,9-10H2,1H3,(H,19,20,22)/t14-,15-/m1/s1. The van der Waals surface area contributed by atoms with Crippen molar-refractivity contribution in [3.05, 3.63) is 59.2 Å². The molecule has 0 saturated heterocycles. The summed E-state index contributed by atoms with van der Waals surface area (Å²) in [6.45, 7) is 2.37. The minimum atomic E-state index is 0.0854. The van der Waals surface area contributed by atoms with Gasteiger partial charge in [0.2, 0.25) is 12.7 Å². The summed E-state index contributed by atoms with van der Waals surface area (Å²) in [5.74, 6) is 2.26. The molecule has 7 nitrogen and oxygen atoms in total. The summed E-state index contributed by atoms with van der Waals surface area (Å²) in [7, 11) is 0. The minimum absolute atomic E-state index is 0.0854. The van der Waals surface area contributed by atoms with Crippen LogP contribution in [0.15, 0.2) is 42.5 Å². The van der Waals surface area contributed by atoms with Crippen molar-refractivity contribution in [2.75, 3.05) is 12.1 Å². The summed E-state index contributed by atoms with van der Waals surface area (Å²) in [5, 5.41) is 15.6. The van der Waals surface area contributed by atoms with E-state index in [-0.39, 0.29) is 18.9 Å². The highest BCUT2D eigenvalue weighted by molar-refractivity contribution is 5.47. The Morgan fingerprint density at radius 3 is 2.72 bits per heavy atom. The van der Waals surface area contributed by atoms with Gasteiger partial charge in [0.1, 0.15) is 0 Å². The van der Waals surface area contributed by atoms with Gasteiger partial charge in [-0.15, -0.1) is 0 Å². The zero-order valence-corrected chi connectivity index (χ0v) is 13.7. The Bertz CT molecular complexity index is 921. The van der Waals surface area contributed by atoms with E-state index in [0.29, 0.717) is 5.95 Å². The lowest BCUT2D eigenvalue weighted by Crippen LogP contribution is -2.28. The maximum Gasteiger partial charge on any atom is 0.243 e. The van der Waals surface area contributed by atoms with Crippen LogP contribution in [0.2, 0.25) is 0 Å². The van der Waals surface area contributed by atoms with Gasteiger partial charge >= 0.3 is 0 Å². The molecule has 0 radical (unpaired) electrons. The lowest BCUT2D eigenvalue weighted by Gasteiger charge is -2.31. The Hall–Kier alpha value is -3.09. The summed E-state index contributed by atoms with van der Waals surface area (Å²) >= 11 is 0. The average molecular weight is 335 g/mol. The van der Waals surface area contributed by atoms with Gasteiger partial charge in [-0.25, -0.2) is 4.68 Å². The van der Waals surface area contributed by atoms with Crippen molar-refractivity contribution in [1.29, 1.82) is 0 Å². The second-order valence-corrected chi connectivity index (χ2v) is 6.42. The lowest BCUT2D eigenvalue weighted by molar-refractivity contribution is 0.174. The van der Waals surface area contributed by atoms with E-state index in [1.165, 1.54) is 11.1 Å². The molecule has 0 saturated carbocycles. The smallest absolute Gasteiger partial charge is 0.243 e. The topological polar surface area (TPSA) is 74.1 Å². The van der Waals surface area contributed by atoms with Crippen molar-refractivity contribution >= 4 is 5.95 Å². The molecule has 3 heterocycles. The summed E-state index contributed by atoms with van der Waals surface area (Å²) < 4.78 is 12.8. The third-order valence-electron chi connectivity index (χ3n) is 4.81. The van der Waals surface area contributed by atoms with Crippen LogP contribution in [-0.2, 0) is 0 Å². The normalized spacial score (nSPS) is 20.8. The van der Waals surface area contributed by atoms with Gasteiger partial charge in [0, 0.05) is 0 Å². The Morgan fingerprint density at radius 2 is 1.84 bits per heavy atom. The van der Waals surface area contributed by atoms with E-state index < -0.39 is 0 Å². The van der Waals surface area contributed by atoms with Crippen molar-refractivity contribution in [3.63, 3.8) is 0 Å². The zero-order chi connectivity index (χ0) is 16.8. The molecule has 3 aromatic rings. The van der Waals surface area contributed by atoms with E-state index in [1.54, 1.807) is 0 Å². The SMILES string of the molecule is Cc1ccc([C@H]2C[C@H](c3ccc4c(c3)OCO4)Nc3nnnn32)cc1. The number of rotatable bonds is 2. The first-order valence-electron chi connectivity index (χ1n) is 8.28. The summed E-state index contributed by atoms with van der Waals surface area (Å²) in [6.07, 6.45) is 0.848. The van der Waals surface area contributed by atoms with Crippen LogP contribution in [-0.4, -0.2) is 27.0 Å². The molecule has 2 aliphatic rings. The Labute approximate surface area is 144 Å². The fourth-order valence-electron chi connectivity index (χ4n) is 3.45. The molecule has 0 fully saturated rings. The molecule has 25 heavy (non-hydrogen) atoms. The molecule has 126 valence electrons. The summed E-state index contributed by atoms with van der Waals surface area (Å²) in [4.78, 5) is 0. The molecule has 0 bridgehead atoms. The fraction of sp³-hybridized carbons (Fsp3) is 0.278. The molecule has 2 aliphatic heterocycles. The predicted molar refractivity (Wildman–Crippen MR) is 90.7 cm³/mol. The van der Waals surface area contributed by atoms with Gasteiger partial charge in [0.05, 0.1) is 12.1 Å². The number of fused-ring (bicyclic) bond motifs is 2. The van der Waals surface area contributed by atoms with E-state index in [1.807, 2.05) is 16.8 Å². The Kier molecular flexibility index (Phi) is 3.12. The molecular weight excluding hydrogens is 318 g/mol. The van der Waals surface area contributed by atoms with Crippen LogP contribution in [0, 0.1) is 6.92 Å². The highest BCUT2D eigenvalue weighted by Crippen LogP contribution is 2.40. The van der Waals surface area contributed by atoms with Gasteiger partial charge in [-0.1, -0.05) is 41.0 Å². The number of aryl methyl sites for hydroxylation is 1. The van der Waals surface area contributed by atoms with Crippen molar-refractivity contribution in [2.45, 2.75) is 25.4 Å². The predicted octanol–water partition coefficient (Wildman–Crippen LogP) is 2.86. The monoisotopic (exact) mass is 335 g/mol. The minimum Gasteiger partial charge on any atom is -0.454 e. The Morgan fingerprint density at radius 1 is 1.04 bits per heavy atom. The highest BCUT2D eigenvalue weighted by Gasteiger charge is 2.31. The van der Waals surface area contributed by atoms with Gasteiger partial charge in [0.15, 0.2) is 11.5 Å². The molecule has 0 spiro atoms. The van der Waals surface area contributed by atoms with E-state index in [0.717, 1.165) is 23.5 Å². The second-order valence-electron chi connectivity index (χ2n) is 6.42. The van der Waals surface area contributed by atoms with Crippen molar-refractivity contribution in [1.82, 2.24) is 20.2 Å². The van der Waals surface area contributed by atoms with Crippen LogP contribution in [0.4, 0.5) is 5.95 Å². The van der Waals surface area contributed by atoms with Crippen molar-refractivity contribution in [3.8, 4) is 11.5 Å². The van der Waals surface area contributed by atoms with Gasteiger partial charge in [-0.05, 0) is 47.0 Å². The van der Waals surface area contributed by atoms with E-state index in [2.05, 4.69) is 58.1 Å². The van der Waals surface area contributed by atoms with Gasteiger partial charge in [-0.3, -0.25) is 0 Å². The molecule has 1 aromatic heterocycles. The largest absolute Gasteiger partial charge is 0.454 e. The van der Waals surface area contributed by atoms with E-state index >= 15 is 0 Å². The van der Waals surface area contributed by atoms with Gasteiger partial charge in [-0.2, -0.15) is 0 Å². The number of hydrogen-bond donors (Lipinski definition) is 1. The van der Waals surface area contributed by atoms with Crippen molar-refractivity contribution < 1.29 is 9.47 Å². The molecule has 2 aromatic carbocycles. The molecule has 0 amide bonds. The van der Waals surface area contributed by atoms with E-state index in [4.69, 9.17) is 9.47 Å². The third kappa shape index (κ3) is 2.39. The number of ether oxygens (including phenoxy) is 2. The summed E-state index contributed by atoms with van der Waals surface area (Å²) in [6, 6.07) is 14.8. The summed E-state index contributed by atoms with van der Waals surface area (Å²) in [5.41, 5.74) is 3.57. The third-order valence-corrected chi connectivity index (χ3v) is 4.81. The highest BCUT2D eigenvalue weighted by atomic mass is 16.7. The molecule has 2 atom stereocenters. The van der Waals surface area contributed by atoms with Crippen LogP contribution in [0.5, 0.6) is 11.5 Å². The molecule has 0 aliphatic carbocycles. The zero-order valence-electron chi connectivity index (χ0n) is 13.7. The lowest BCUT2D eigenvalue weighted by atomic mass is 9.93. The maximum atomic E-state index is 5.51. The van der Waals surface area contributed by atoms with Crippen LogP contribution in [0.3, 0.4) is 0 Å². The number of nitrogens with zero attached hydrogens (tertiary/aromatic N) is 4. The number of anilines is 1. The van der Waals surface area contributed by atoms with Crippen LogP contribution in [0.25, 0.3) is 0 Å². The van der Waals surface area contributed by atoms with Crippen LogP contribution >= 0.6 is 0 Å². The molecule has 5 rings (SSSR count). The number of benzene rings is 2. The van der Waals surface area contributed by atoms with Crippen molar-refractivity contribution in [2.24, 2.45) is 0 Å². The first kappa shape index (κ1) is 14.3. The van der Waals surface area contributed by atoms with E-state index in [9.17, 15) is 0 Å². The molecule has 0 unspecified atom stereocenters. The fourth-order valence-corrected chi connectivity index (χ4v) is 3.45. The first-order valence-corrected chi connectivity index (χ1v) is 8.28. The number of aromatic nitrogens is 4. The average Bonchev–Trinajstić information content (AvgIpc) is 3.29. The van der Waals surface area contributed by atoms with Gasteiger partial charge < -0.3 is 14.8 Å². The number of tetrazole rings is 1. The second kappa shape index (κ2) is 5.47. The number of nitrogens with one attached hydrogen (secondary N) is 1. The van der Waals surface area contributed by atoms with Crippen LogP contribution in [0.1, 0.15) is 35.2 Å². The molecule has 7 heteroatoms. The quantitative estimate of drug-likeness (QED) is 0.776. The Balaban J connectivity index is 1.52. The first-order chi connectivity index (χ1) is 12.3.